The molecule has 0 spiro atoms. The number of pyridine rings is 1. The minimum absolute atomic E-state index is 0.119. The number of nitro benzene ring substituents is 1. The summed E-state index contributed by atoms with van der Waals surface area (Å²) < 4.78 is 0.919. The molecule has 1 aromatic heterocycles. The maximum absolute atomic E-state index is 10.8. The first kappa shape index (κ1) is 13.5. The average molecular weight is 322 g/mol. The van der Waals surface area contributed by atoms with Crippen molar-refractivity contribution < 1.29 is 4.92 Å². The zero-order valence-corrected chi connectivity index (χ0v) is 11.8. The van der Waals surface area contributed by atoms with E-state index in [2.05, 4.69) is 26.2 Å². The van der Waals surface area contributed by atoms with Gasteiger partial charge in [0.25, 0.3) is 5.69 Å². The lowest BCUT2D eigenvalue weighted by Gasteiger charge is -2.07. The van der Waals surface area contributed by atoms with Gasteiger partial charge in [-0.2, -0.15) is 0 Å². The molecule has 98 valence electrons. The highest BCUT2D eigenvalue weighted by atomic mass is 79.9. The Hall–Kier alpha value is -1.95. The van der Waals surface area contributed by atoms with Crippen molar-refractivity contribution in [3.63, 3.8) is 0 Å². The zero-order valence-electron chi connectivity index (χ0n) is 10.3. The molecule has 2 aromatic rings. The first-order valence-electron chi connectivity index (χ1n) is 5.65. The van der Waals surface area contributed by atoms with E-state index >= 15 is 0 Å². The van der Waals surface area contributed by atoms with Crippen molar-refractivity contribution in [1.82, 2.24) is 4.98 Å². The number of benzene rings is 1. The van der Waals surface area contributed by atoms with Gasteiger partial charge in [0.2, 0.25) is 0 Å². The zero-order chi connectivity index (χ0) is 13.8. The first-order valence-corrected chi connectivity index (χ1v) is 6.45. The van der Waals surface area contributed by atoms with Gasteiger partial charge in [0.1, 0.15) is 0 Å². The number of nitro groups is 1. The Bertz CT molecular complexity index is 599. The highest BCUT2D eigenvalue weighted by molar-refractivity contribution is 9.10. The van der Waals surface area contributed by atoms with Crippen molar-refractivity contribution in [3.05, 3.63) is 62.4 Å². The second-order valence-corrected chi connectivity index (χ2v) is 5.00. The van der Waals surface area contributed by atoms with Gasteiger partial charge in [-0.1, -0.05) is 6.07 Å². The summed E-state index contributed by atoms with van der Waals surface area (Å²) in [7, 11) is 0. The fourth-order valence-corrected chi connectivity index (χ4v) is 1.85. The topological polar surface area (TPSA) is 68.1 Å². The largest absolute Gasteiger partial charge is 0.379 e. The van der Waals surface area contributed by atoms with Crippen LogP contribution in [0.1, 0.15) is 11.3 Å². The van der Waals surface area contributed by atoms with Crippen LogP contribution in [0.3, 0.4) is 0 Å². The molecule has 0 atom stereocenters. The predicted octanol–water partition coefficient (Wildman–Crippen LogP) is 3.67. The highest BCUT2D eigenvalue weighted by Gasteiger charge is 2.10. The van der Waals surface area contributed by atoms with Crippen molar-refractivity contribution in [2.24, 2.45) is 0 Å². The van der Waals surface area contributed by atoms with Crippen LogP contribution in [0.4, 0.5) is 11.4 Å². The molecule has 0 aliphatic rings. The lowest BCUT2D eigenvalue weighted by Crippen LogP contribution is -2.02. The molecule has 0 aliphatic carbocycles. The molecule has 19 heavy (non-hydrogen) atoms. The average Bonchev–Trinajstić information content (AvgIpc) is 2.39. The Morgan fingerprint density at radius 2 is 2.16 bits per heavy atom. The fraction of sp³-hybridized carbons (Fsp3) is 0.154. The van der Waals surface area contributed by atoms with Crippen molar-refractivity contribution in [2.45, 2.75) is 13.5 Å². The van der Waals surface area contributed by atoms with E-state index in [0.717, 1.165) is 10.2 Å². The van der Waals surface area contributed by atoms with Crippen LogP contribution < -0.4 is 5.32 Å². The number of hydrogen-bond donors (Lipinski definition) is 1. The summed E-state index contributed by atoms with van der Waals surface area (Å²) in [5.41, 5.74) is 2.35. The molecule has 2 rings (SSSR count). The number of aromatic nitrogens is 1. The molecule has 1 N–H and O–H groups in total. The minimum Gasteiger partial charge on any atom is -0.379 e. The monoisotopic (exact) mass is 321 g/mol. The van der Waals surface area contributed by atoms with Crippen molar-refractivity contribution >= 4 is 27.3 Å². The van der Waals surface area contributed by atoms with Gasteiger partial charge >= 0.3 is 0 Å². The number of anilines is 1. The quantitative estimate of drug-likeness (QED) is 0.689. The minimum atomic E-state index is -0.377. The van der Waals surface area contributed by atoms with E-state index < -0.39 is 0 Å². The molecule has 1 aromatic carbocycles. The van der Waals surface area contributed by atoms with Gasteiger partial charge in [-0.15, -0.1) is 0 Å². The summed E-state index contributed by atoms with van der Waals surface area (Å²) in [5, 5.41) is 14.0. The second-order valence-electron chi connectivity index (χ2n) is 4.08. The van der Waals surface area contributed by atoms with Crippen molar-refractivity contribution in [1.29, 1.82) is 0 Å². The molecular formula is C13H12BrN3O2. The molecule has 0 fully saturated rings. The van der Waals surface area contributed by atoms with Crippen LogP contribution in [0.15, 0.2) is 41.0 Å². The normalized spacial score (nSPS) is 10.2. The van der Waals surface area contributed by atoms with Gasteiger partial charge in [0.15, 0.2) is 0 Å². The van der Waals surface area contributed by atoms with Gasteiger partial charge in [-0.05, 0) is 41.1 Å². The number of rotatable bonds is 4. The molecule has 0 amide bonds. The molecule has 1 heterocycles. The summed E-state index contributed by atoms with van der Waals surface area (Å²) >= 11 is 3.32. The summed E-state index contributed by atoms with van der Waals surface area (Å²) in [4.78, 5) is 14.7. The van der Waals surface area contributed by atoms with E-state index in [0.29, 0.717) is 17.8 Å². The second kappa shape index (κ2) is 5.79. The van der Waals surface area contributed by atoms with Gasteiger partial charge < -0.3 is 5.32 Å². The lowest BCUT2D eigenvalue weighted by atomic mass is 10.2. The van der Waals surface area contributed by atoms with Crippen LogP contribution in [0.2, 0.25) is 0 Å². The summed E-state index contributed by atoms with van der Waals surface area (Å²) in [6.07, 6.45) is 1.72. The molecule has 5 nitrogen and oxygen atoms in total. The third-order valence-corrected chi connectivity index (χ3v) is 3.14. The number of nitrogens with one attached hydrogen (secondary N) is 1. The maximum Gasteiger partial charge on any atom is 0.274 e. The molecule has 0 saturated carbocycles. The summed E-state index contributed by atoms with van der Waals surface area (Å²) in [6, 6.07) is 8.88. The van der Waals surface area contributed by atoms with E-state index in [9.17, 15) is 10.1 Å². The van der Waals surface area contributed by atoms with Crippen molar-refractivity contribution in [2.75, 3.05) is 5.32 Å². The van der Waals surface area contributed by atoms with Gasteiger partial charge in [-0.25, -0.2) is 0 Å². The Labute approximate surface area is 119 Å². The smallest absolute Gasteiger partial charge is 0.274 e. The van der Waals surface area contributed by atoms with Crippen LogP contribution in [0, 0.1) is 17.0 Å². The number of halogens is 1. The Balaban J connectivity index is 2.09. The van der Waals surface area contributed by atoms with E-state index in [1.54, 1.807) is 19.2 Å². The SMILES string of the molecule is Cc1ccc(NCc2ccc(Br)cn2)cc1[N+](=O)[O-]. The molecule has 6 heteroatoms. The lowest BCUT2D eigenvalue weighted by molar-refractivity contribution is -0.385. The van der Waals surface area contributed by atoms with Gasteiger partial charge in [0, 0.05) is 28.0 Å². The van der Waals surface area contributed by atoms with Crippen LogP contribution in [0.5, 0.6) is 0 Å². The maximum atomic E-state index is 10.8. The van der Waals surface area contributed by atoms with E-state index in [1.165, 1.54) is 6.07 Å². The third-order valence-electron chi connectivity index (χ3n) is 2.67. The van der Waals surface area contributed by atoms with Gasteiger partial charge in [0.05, 0.1) is 17.2 Å². The molecular weight excluding hydrogens is 310 g/mol. The first-order chi connectivity index (χ1) is 9.06. The Morgan fingerprint density at radius 1 is 1.37 bits per heavy atom. The predicted molar refractivity (Wildman–Crippen MR) is 77.1 cm³/mol. The van der Waals surface area contributed by atoms with Crippen LogP contribution in [0.25, 0.3) is 0 Å². The van der Waals surface area contributed by atoms with E-state index in [-0.39, 0.29) is 10.6 Å². The summed E-state index contributed by atoms with van der Waals surface area (Å²) in [5.74, 6) is 0. The van der Waals surface area contributed by atoms with E-state index in [1.807, 2.05) is 18.2 Å². The summed E-state index contributed by atoms with van der Waals surface area (Å²) in [6.45, 7) is 2.24. The molecule has 0 bridgehead atoms. The van der Waals surface area contributed by atoms with Crippen LogP contribution in [-0.4, -0.2) is 9.91 Å². The van der Waals surface area contributed by atoms with Gasteiger partial charge in [-0.3, -0.25) is 15.1 Å². The van der Waals surface area contributed by atoms with Crippen LogP contribution >= 0.6 is 15.9 Å². The highest BCUT2D eigenvalue weighted by Crippen LogP contribution is 2.22. The number of aryl methyl sites for hydroxylation is 1. The van der Waals surface area contributed by atoms with Crippen molar-refractivity contribution in [3.8, 4) is 0 Å². The number of nitrogens with zero attached hydrogens (tertiary/aromatic N) is 2. The molecule has 0 aliphatic heterocycles. The van der Waals surface area contributed by atoms with Crippen LogP contribution in [-0.2, 0) is 6.54 Å². The molecule has 0 unspecified atom stereocenters. The standard InChI is InChI=1S/C13H12BrN3O2/c1-9-2-4-11(6-13(9)17(18)19)16-8-12-5-3-10(14)7-15-12/h2-7,16H,8H2,1H3. The molecule has 0 saturated heterocycles. The third kappa shape index (κ3) is 3.51. The number of hydrogen-bond acceptors (Lipinski definition) is 4. The Kier molecular flexibility index (Phi) is 4.11. The van der Waals surface area contributed by atoms with E-state index in [4.69, 9.17) is 0 Å². The fourth-order valence-electron chi connectivity index (χ4n) is 1.62. The Morgan fingerprint density at radius 3 is 2.79 bits per heavy atom. The molecule has 0 radical (unpaired) electrons.